The van der Waals surface area contributed by atoms with Crippen molar-refractivity contribution in [1.82, 2.24) is 19.9 Å². The smallest absolute Gasteiger partial charge is 0.259 e. The molecule has 0 bridgehead atoms. The van der Waals surface area contributed by atoms with Gasteiger partial charge in [-0.3, -0.25) is 14.6 Å². The van der Waals surface area contributed by atoms with Crippen molar-refractivity contribution < 1.29 is 4.79 Å². The minimum Gasteiger partial charge on any atom is -0.333 e. The van der Waals surface area contributed by atoms with Gasteiger partial charge >= 0.3 is 0 Å². The summed E-state index contributed by atoms with van der Waals surface area (Å²) in [4.78, 5) is 41.6. The van der Waals surface area contributed by atoms with E-state index >= 15 is 0 Å². The number of rotatable bonds is 7. The van der Waals surface area contributed by atoms with Crippen LogP contribution in [-0.2, 0) is 29.9 Å². The fraction of sp³-hybridized carbons (Fsp3) is 0.455. The average Bonchev–Trinajstić information content (AvgIpc) is 3.52. The molecular weight excluding hydrogens is 416 g/mol. The van der Waals surface area contributed by atoms with Crippen LogP contribution in [0, 0.1) is 0 Å². The van der Waals surface area contributed by atoms with Crippen molar-refractivity contribution in [3.8, 4) is 0 Å². The molecule has 8 heteroatoms. The molecule has 1 amide bonds. The van der Waals surface area contributed by atoms with Gasteiger partial charge in [0.05, 0.1) is 29.1 Å². The minimum absolute atomic E-state index is 0.0314. The fourth-order valence-corrected chi connectivity index (χ4v) is 6.12. The Bertz CT molecular complexity index is 1120. The van der Waals surface area contributed by atoms with Crippen molar-refractivity contribution in [1.29, 1.82) is 0 Å². The molecule has 1 N–H and O–H groups in total. The highest BCUT2D eigenvalue weighted by Gasteiger charge is 2.32. The molecular formula is C22H24N4O2S2. The highest BCUT2D eigenvalue weighted by atomic mass is 32.2. The van der Waals surface area contributed by atoms with Crippen LogP contribution in [0.3, 0.4) is 0 Å². The Hall–Kier alpha value is -2.19. The van der Waals surface area contributed by atoms with Gasteiger partial charge in [-0.05, 0) is 56.2 Å². The second-order valence-electron chi connectivity index (χ2n) is 7.97. The number of aromatic amines is 1. The number of nitrogens with one attached hydrogen (secondary N) is 1. The number of thiophene rings is 1. The number of thioether (sulfide) groups is 1. The van der Waals surface area contributed by atoms with E-state index in [0.717, 1.165) is 48.0 Å². The zero-order valence-corrected chi connectivity index (χ0v) is 18.4. The van der Waals surface area contributed by atoms with Crippen LogP contribution >= 0.6 is 23.1 Å². The Morgan fingerprint density at radius 1 is 1.27 bits per heavy atom. The molecule has 0 aromatic carbocycles. The lowest BCUT2D eigenvalue weighted by Crippen LogP contribution is -2.34. The zero-order valence-electron chi connectivity index (χ0n) is 16.7. The van der Waals surface area contributed by atoms with E-state index in [4.69, 9.17) is 4.98 Å². The molecule has 2 aliphatic carbocycles. The van der Waals surface area contributed by atoms with E-state index in [1.54, 1.807) is 17.5 Å². The van der Waals surface area contributed by atoms with Gasteiger partial charge in [-0.1, -0.05) is 6.07 Å². The Morgan fingerprint density at radius 2 is 2.13 bits per heavy atom. The third-order valence-corrected chi connectivity index (χ3v) is 7.82. The van der Waals surface area contributed by atoms with Crippen LogP contribution in [0.4, 0.5) is 0 Å². The maximum Gasteiger partial charge on any atom is 0.259 e. The molecule has 3 aromatic heterocycles. The number of hydrogen-bond donors (Lipinski definition) is 1. The number of nitrogens with zero attached hydrogens (tertiary/aromatic N) is 3. The first-order valence-electron chi connectivity index (χ1n) is 10.5. The van der Waals surface area contributed by atoms with Crippen LogP contribution in [-0.4, -0.2) is 37.6 Å². The summed E-state index contributed by atoms with van der Waals surface area (Å²) in [6, 6.07) is 6.14. The van der Waals surface area contributed by atoms with Gasteiger partial charge in [-0.15, -0.1) is 23.1 Å². The van der Waals surface area contributed by atoms with Gasteiger partial charge in [0.25, 0.3) is 5.56 Å². The summed E-state index contributed by atoms with van der Waals surface area (Å²) in [6.07, 6.45) is 8.28. The van der Waals surface area contributed by atoms with E-state index in [2.05, 4.69) is 9.97 Å². The van der Waals surface area contributed by atoms with E-state index in [-0.39, 0.29) is 11.5 Å². The Morgan fingerprint density at radius 3 is 2.93 bits per heavy atom. The molecule has 2 aliphatic rings. The van der Waals surface area contributed by atoms with E-state index in [1.165, 1.54) is 28.6 Å². The van der Waals surface area contributed by atoms with Gasteiger partial charge in [0.15, 0.2) is 0 Å². The highest BCUT2D eigenvalue weighted by Crippen LogP contribution is 2.34. The van der Waals surface area contributed by atoms with E-state index in [0.29, 0.717) is 29.9 Å². The summed E-state index contributed by atoms with van der Waals surface area (Å²) in [5.74, 6) is 1.70. The van der Waals surface area contributed by atoms with Gasteiger partial charge in [0.2, 0.25) is 5.91 Å². The zero-order chi connectivity index (χ0) is 20.5. The lowest BCUT2D eigenvalue weighted by Gasteiger charge is -2.22. The van der Waals surface area contributed by atoms with Crippen molar-refractivity contribution >= 4 is 39.2 Å². The number of pyridine rings is 1. The normalized spacial score (nSPS) is 15.9. The molecule has 0 radical (unpaired) electrons. The molecule has 0 aliphatic heterocycles. The van der Waals surface area contributed by atoms with E-state index in [1.807, 2.05) is 23.1 Å². The molecule has 0 atom stereocenters. The summed E-state index contributed by atoms with van der Waals surface area (Å²) in [5, 5.41) is 0.787. The summed E-state index contributed by atoms with van der Waals surface area (Å²) < 4.78 is 0. The van der Waals surface area contributed by atoms with Crippen molar-refractivity contribution in [3.05, 3.63) is 56.7 Å². The molecule has 1 saturated carbocycles. The van der Waals surface area contributed by atoms with Gasteiger partial charge in [0.1, 0.15) is 10.7 Å². The summed E-state index contributed by atoms with van der Waals surface area (Å²) >= 11 is 3.17. The SMILES string of the molecule is O=C(CSCc1nc2sc3c(c2c(=O)[nH]1)CCCC3)N(Cc1ccccn1)C1CC1. The molecule has 30 heavy (non-hydrogen) atoms. The van der Waals surface area contributed by atoms with E-state index in [9.17, 15) is 9.59 Å². The van der Waals surface area contributed by atoms with Gasteiger partial charge in [0, 0.05) is 17.1 Å². The second-order valence-corrected chi connectivity index (χ2v) is 10.0. The number of hydrogen-bond acceptors (Lipinski definition) is 6. The van der Waals surface area contributed by atoms with Crippen molar-refractivity contribution in [2.24, 2.45) is 0 Å². The first kappa shape index (κ1) is 19.8. The maximum atomic E-state index is 12.8. The molecule has 156 valence electrons. The Labute approximate surface area is 183 Å². The first-order chi connectivity index (χ1) is 14.7. The number of aryl methyl sites for hydroxylation is 2. The summed E-state index contributed by atoms with van der Waals surface area (Å²) in [5.41, 5.74) is 2.09. The molecule has 0 unspecified atom stereocenters. The predicted molar refractivity (Wildman–Crippen MR) is 121 cm³/mol. The third-order valence-electron chi connectivity index (χ3n) is 5.70. The van der Waals surface area contributed by atoms with Crippen LogP contribution in [0.5, 0.6) is 0 Å². The minimum atomic E-state index is -0.0314. The Balaban J connectivity index is 1.24. The quantitative estimate of drug-likeness (QED) is 0.606. The highest BCUT2D eigenvalue weighted by molar-refractivity contribution is 7.99. The second kappa shape index (κ2) is 8.51. The number of fused-ring (bicyclic) bond motifs is 3. The van der Waals surface area contributed by atoms with Gasteiger partial charge in [-0.2, -0.15) is 0 Å². The monoisotopic (exact) mass is 440 g/mol. The Kier molecular flexibility index (Phi) is 5.60. The van der Waals surface area contributed by atoms with Gasteiger partial charge < -0.3 is 9.88 Å². The number of carbonyl (C=O) groups is 1. The standard InChI is InChI=1S/C22H24N4O2S2/c27-19(26(15-8-9-15)11-14-5-3-4-10-23-14)13-29-12-18-24-21(28)20-16-6-1-2-7-17(16)30-22(20)25-18/h3-5,10,15H,1-2,6-9,11-13H2,(H,24,25,28). The average molecular weight is 441 g/mol. The maximum absolute atomic E-state index is 12.8. The number of H-pyrrole nitrogens is 1. The number of carbonyl (C=O) groups excluding carboxylic acids is 1. The molecule has 6 nitrogen and oxygen atoms in total. The van der Waals surface area contributed by atoms with Crippen LogP contribution in [0.2, 0.25) is 0 Å². The largest absolute Gasteiger partial charge is 0.333 e. The number of amides is 1. The fourth-order valence-electron chi connectivity index (χ4n) is 4.07. The summed E-state index contributed by atoms with van der Waals surface area (Å²) in [6.45, 7) is 0.562. The van der Waals surface area contributed by atoms with Crippen molar-refractivity contribution in [2.75, 3.05) is 5.75 Å². The number of aromatic nitrogens is 3. The molecule has 0 spiro atoms. The van der Waals surface area contributed by atoms with Gasteiger partial charge in [-0.25, -0.2) is 4.98 Å². The lowest BCUT2D eigenvalue weighted by molar-refractivity contribution is -0.129. The van der Waals surface area contributed by atoms with E-state index < -0.39 is 0 Å². The molecule has 1 fully saturated rings. The first-order valence-corrected chi connectivity index (χ1v) is 12.5. The predicted octanol–water partition coefficient (Wildman–Crippen LogP) is 3.68. The van der Waals surface area contributed by atoms with Crippen LogP contribution in [0.15, 0.2) is 29.2 Å². The summed E-state index contributed by atoms with van der Waals surface area (Å²) in [7, 11) is 0. The molecule has 3 heterocycles. The third kappa shape index (κ3) is 4.16. The lowest BCUT2D eigenvalue weighted by atomic mass is 9.97. The molecule has 0 saturated heterocycles. The van der Waals surface area contributed by atoms with Crippen molar-refractivity contribution in [2.45, 2.75) is 56.9 Å². The van der Waals surface area contributed by atoms with Crippen LogP contribution in [0.1, 0.15) is 47.6 Å². The van der Waals surface area contributed by atoms with Crippen LogP contribution < -0.4 is 5.56 Å². The molecule has 5 rings (SSSR count). The van der Waals surface area contributed by atoms with Crippen molar-refractivity contribution in [3.63, 3.8) is 0 Å². The topological polar surface area (TPSA) is 79.0 Å². The van der Waals surface area contributed by atoms with Crippen LogP contribution in [0.25, 0.3) is 10.2 Å². The molecule has 3 aromatic rings.